The molecule has 2 nitrogen and oxygen atoms in total. The summed E-state index contributed by atoms with van der Waals surface area (Å²) in [5.74, 6) is 1.81. The van der Waals surface area contributed by atoms with Gasteiger partial charge in [-0.15, -0.1) is 0 Å². The van der Waals surface area contributed by atoms with E-state index in [0.717, 1.165) is 17.9 Å². The molecule has 1 aliphatic carbocycles. The molecular formula is C19H38N2. The Balaban J connectivity index is 1.91. The summed E-state index contributed by atoms with van der Waals surface area (Å²) in [6.07, 6.45) is 9.67. The van der Waals surface area contributed by atoms with E-state index in [-0.39, 0.29) is 0 Å². The zero-order valence-corrected chi connectivity index (χ0v) is 15.0. The van der Waals surface area contributed by atoms with E-state index < -0.39 is 0 Å². The third kappa shape index (κ3) is 5.25. The average Bonchev–Trinajstić information content (AvgIpc) is 2.46. The SMILES string of the molecule is CCCNC1CCC(C)(C)CC1CN1CCCC(CC)C1. The molecule has 1 N–H and O–H groups in total. The van der Waals surface area contributed by atoms with Crippen molar-refractivity contribution in [2.75, 3.05) is 26.2 Å². The van der Waals surface area contributed by atoms with Crippen molar-refractivity contribution in [3.05, 3.63) is 0 Å². The van der Waals surface area contributed by atoms with Crippen LogP contribution in [0.5, 0.6) is 0 Å². The molecule has 2 heteroatoms. The van der Waals surface area contributed by atoms with Crippen LogP contribution in [0.3, 0.4) is 0 Å². The molecule has 0 aromatic rings. The predicted octanol–water partition coefficient (Wildman–Crippen LogP) is 4.30. The molecule has 124 valence electrons. The smallest absolute Gasteiger partial charge is 0.0108 e. The van der Waals surface area contributed by atoms with E-state index in [1.54, 1.807) is 0 Å². The van der Waals surface area contributed by atoms with Gasteiger partial charge in [-0.2, -0.15) is 0 Å². The van der Waals surface area contributed by atoms with E-state index >= 15 is 0 Å². The van der Waals surface area contributed by atoms with Crippen LogP contribution in [0.1, 0.15) is 72.6 Å². The average molecular weight is 295 g/mol. The lowest BCUT2D eigenvalue weighted by Gasteiger charge is -2.44. The quantitative estimate of drug-likeness (QED) is 0.785. The Morgan fingerprint density at radius 1 is 1.19 bits per heavy atom. The maximum absolute atomic E-state index is 3.85. The molecule has 0 radical (unpaired) electrons. The molecule has 2 rings (SSSR count). The molecule has 1 saturated heterocycles. The van der Waals surface area contributed by atoms with Crippen molar-refractivity contribution < 1.29 is 0 Å². The van der Waals surface area contributed by atoms with Gasteiger partial charge in [0, 0.05) is 19.1 Å². The summed E-state index contributed by atoms with van der Waals surface area (Å²) >= 11 is 0. The first-order valence-electron chi connectivity index (χ1n) is 9.50. The molecule has 2 aliphatic rings. The molecule has 3 atom stereocenters. The number of rotatable bonds is 6. The highest BCUT2D eigenvalue weighted by atomic mass is 15.1. The van der Waals surface area contributed by atoms with Gasteiger partial charge < -0.3 is 10.2 Å². The van der Waals surface area contributed by atoms with Crippen LogP contribution in [0.15, 0.2) is 0 Å². The molecule has 1 heterocycles. The van der Waals surface area contributed by atoms with Crippen molar-refractivity contribution in [3.8, 4) is 0 Å². The summed E-state index contributed by atoms with van der Waals surface area (Å²) in [7, 11) is 0. The lowest BCUT2D eigenvalue weighted by Crippen LogP contribution is -2.49. The summed E-state index contributed by atoms with van der Waals surface area (Å²) in [6.45, 7) is 14.8. The first kappa shape index (κ1) is 17.3. The van der Waals surface area contributed by atoms with Crippen LogP contribution >= 0.6 is 0 Å². The Hall–Kier alpha value is -0.0800. The van der Waals surface area contributed by atoms with E-state index in [1.165, 1.54) is 71.1 Å². The standard InChI is InChI=1S/C19H38N2/c1-5-11-20-18-9-10-19(3,4)13-17(18)15-21-12-7-8-16(6-2)14-21/h16-18,20H,5-15H2,1-4H3. The zero-order valence-electron chi connectivity index (χ0n) is 15.0. The van der Waals surface area contributed by atoms with Crippen molar-refractivity contribution in [1.29, 1.82) is 0 Å². The van der Waals surface area contributed by atoms with Crippen LogP contribution < -0.4 is 5.32 Å². The summed E-state index contributed by atoms with van der Waals surface area (Å²) in [6, 6.07) is 0.764. The third-order valence-electron chi connectivity index (χ3n) is 5.85. The van der Waals surface area contributed by atoms with Crippen LogP contribution in [0, 0.1) is 17.3 Å². The zero-order chi connectivity index (χ0) is 15.3. The molecule has 0 bridgehead atoms. The minimum absolute atomic E-state index is 0.551. The lowest BCUT2D eigenvalue weighted by molar-refractivity contribution is 0.0788. The van der Waals surface area contributed by atoms with Crippen LogP contribution in [0.4, 0.5) is 0 Å². The molecule has 1 aliphatic heterocycles. The van der Waals surface area contributed by atoms with Gasteiger partial charge in [0.2, 0.25) is 0 Å². The molecule has 2 fully saturated rings. The van der Waals surface area contributed by atoms with E-state index in [4.69, 9.17) is 0 Å². The third-order valence-corrected chi connectivity index (χ3v) is 5.85. The highest BCUT2D eigenvalue weighted by Gasteiger charge is 2.35. The summed E-state index contributed by atoms with van der Waals surface area (Å²) in [5, 5.41) is 3.85. The first-order valence-corrected chi connectivity index (χ1v) is 9.50. The van der Waals surface area contributed by atoms with Gasteiger partial charge in [-0.3, -0.25) is 0 Å². The van der Waals surface area contributed by atoms with Crippen LogP contribution in [0.2, 0.25) is 0 Å². The van der Waals surface area contributed by atoms with Gasteiger partial charge in [-0.05, 0) is 68.9 Å². The second-order valence-electron chi connectivity index (χ2n) is 8.40. The number of hydrogen-bond donors (Lipinski definition) is 1. The minimum atomic E-state index is 0.551. The van der Waals surface area contributed by atoms with Gasteiger partial charge in [0.05, 0.1) is 0 Å². The van der Waals surface area contributed by atoms with Gasteiger partial charge in [-0.1, -0.05) is 34.1 Å². The number of nitrogens with zero attached hydrogens (tertiary/aromatic N) is 1. The van der Waals surface area contributed by atoms with E-state index in [9.17, 15) is 0 Å². The predicted molar refractivity (Wildman–Crippen MR) is 92.7 cm³/mol. The van der Waals surface area contributed by atoms with Gasteiger partial charge in [0.25, 0.3) is 0 Å². The highest BCUT2D eigenvalue weighted by Crippen LogP contribution is 2.39. The molecule has 21 heavy (non-hydrogen) atoms. The summed E-state index contributed by atoms with van der Waals surface area (Å²) < 4.78 is 0. The molecule has 0 aromatic heterocycles. The number of hydrogen-bond acceptors (Lipinski definition) is 2. The largest absolute Gasteiger partial charge is 0.314 e. The highest BCUT2D eigenvalue weighted by molar-refractivity contribution is 4.91. The second-order valence-corrected chi connectivity index (χ2v) is 8.40. The molecule has 0 spiro atoms. The molecular weight excluding hydrogens is 256 g/mol. The fraction of sp³-hybridized carbons (Fsp3) is 1.00. The van der Waals surface area contributed by atoms with Crippen LogP contribution in [0.25, 0.3) is 0 Å². The van der Waals surface area contributed by atoms with Crippen molar-refractivity contribution in [2.45, 2.75) is 78.7 Å². The van der Waals surface area contributed by atoms with Crippen LogP contribution in [-0.4, -0.2) is 37.1 Å². The molecule has 1 saturated carbocycles. The van der Waals surface area contributed by atoms with Gasteiger partial charge >= 0.3 is 0 Å². The lowest BCUT2D eigenvalue weighted by atomic mass is 9.69. The van der Waals surface area contributed by atoms with Crippen molar-refractivity contribution >= 4 is 0 Å². The fourth-order valence-electron chi connectivity index (χ4n) is 4.51. The Kier molecular flexibility index (Phi) is 6.55. The Morgan fingerprint density at radius 2 is 2.00 bits per heavy atom. The first-order chi connectivity index (χ1) is 10.0. The topological polar surface area (TPSA) is 15.3 Å². The Morgan fingerprint density at radius 3 is 2.71 bits per heavy atom. The maximum Gasteiger partial charge on any atom is 0.0108 e. The fourth-order valence-corrected chi connectivity index (χ4v) is 4.51. The Bertz CT molecular complexity index is 300. The molecule has 0 aromatic carbocycles. The monoisotopic (exact) mass is 294 g/mol. The van der Waals surface area contributed by atoms with Crippen molar-refractivity contribution in [2.24, 2.45) is 17.3 Å². The number of nitrogens with one attached hydrogen (secondary N) is 1. The van der Waals surface area contributed by atoms with Gasteiger partial charge in [0.15, 0.2) is 0 Å². The van der Waals surface area contributed by atoms with Crippen molar-refractivity contribution in [3.63, 3.8) is 0 Å². The maximum atomic E-state index is 3.85. The summed E-state index contributed by atoms with van der Waals surface area (Å²) in [4.78, 5) is 2.78. The van der Waals surface area contributed by atoms with Crippen LogP contribution in [-0.2, 0) is 0 Å². The van der Waals surface area contributed by atoms with Gasteiger partial charge in [0.1, 0.15) is 0 Å². The number of piperidine rings is 1. The Labute approximate surface area is 133 Å². The minimum Gasteiger partial charge on any atom is -0.314 e. The van der Waals surface area contributed by atoms with Crippen molar-refractivity contribution in [1.82, 2.24) is 10.2 Å². The second kappa shape index (κ2) is 7.97. The number of likely N-dealkylation sites (tertiary alicyclic amines) is 1. The molecule has 3 unspecified atom stereocenters. The van der Waals surface area contributed by atoms with Gasteiger partial charge in [-0.25, -0.2) is 0 Å². The van der Waals surface area contributed by atoms with E-state index in [2.05, 4.69) is 37.9 Å². The van der Waals surface area contributed by atoms with E-state index in [1.807, 2.05) is 0 Å². The van der Waals surface area contributed by atoms with E-state index in [0.29, 0.717) is 5.41 Å². The normalized spacial score (nSPS) is 34.0. The summed E-state index contributed by atoms with van der Waals surface area (Å²) in [5.41, 5.74) is 0.551. The molecule has 0 amide bonds.